The van der Waals surface area contributed by atoms with E-state index in [-0.39, 0.29) is 17.5 Å². The maximum Gasteiger partial charge on any atom is 0.166 e. The summed E-state index contributed by atoms with van der Waals surface area (Å²) in [7, 11) is 0. The van der Waals surface area contributed by atoms with E-state index in [0.717, 1.165) is 51.1 Å². The summed E-state index contributed by atoms with van der Waals surface area (Å²) in [5, 5.41) is 3.34. The summed E-state index contributed by atoms with van der Waals surface area (Å²) in [6, 6.07) is 9.90. The summed E-state index contributed by atoms with van der Waals surface area (Å²) >= 11 is 0. The van der Waals surface area contributed by atoms with E-state index >= 15 is 0 Å². The second-order valence-corrected chi connectivity index (χ2v) is 6.71. The van der Waals surface area contributed by atoms with Gasteiger partial charge in [0.25, 0.3) is 0 Å². The molecule has 4 nitrogen and oxygen atoms in total. The molecule has 0 bridgehead atoms. The van der Waals surface area contributed by atoms with Gasteiger partial charge in [-0.25, -0.2) is 0 Å². The largest absolute Gasteiger partial charge is 0.314 e. The van der Waals surface area contributed by atoms with Crippen molar-refractivity contribution < 1.29 is 9.59 Å². The van der Waals surface area contributed by atoms with Gasteiger partial charge in [-0.2, -0.15) is 0 Å². The molecule has 4 heteroatoms. The van der Waals surface area contributed by atoms with Crippen molar-refractivity contribution in [1.82, 2.24) is 10.2 Å². The van der Waals surface area contributed by atoms with Gasteiger partial charge in [-0.1, -0.05) is 36.4 Å². The standard InChI is InChI=1S/C20H26N2O2/c23-19-14-17(16-6-2-1-3-7-16)15-20(24)18(19)8-4-5-11-22-12-9-21-10-13-22/h1-3,6-8,17,21H,4-5,9-15H2. The predicted molar refractivity (Wildman–Crippen MR) is 95.1 cm³/mol. The number of hydrogen-bond acceptors (Lipinski definition) is 4. The van der Waals surface area contributed by atoms with Gasteiger partial charge in [0, 0.05) is 39.0 Å². The molecule has 3 rings (SSSR count). The van der Waals surface area contributed by atoms with Crippen molar-refractivity contribution in [1.29, 1.82) is 0 Å². The Bertz CT molecular complexity index is 583. The van der Waals surface area contributed by atoms with Gasteiger partial charge in [0.2, 0.25) is 0 Å². The average Bonchev–Trinajstić information content (AvgIpc) is 2.62. The van der Waals surface area contributed by atoms with E-state index in [4.69, 9.17) is 0 Å². The third kappa shape index (κ3) is 4.40. The van der Waals surface area contributed by atoms with Crippen LogP contribution in [0.25, 0.3) is 0 Å². The molecule has 0 radical (unpaired) electrons. The lowest BCUT2D eigenvalue weighted by atomic mass is 9.79. The van der Waals surface area contributed by atoms with Crippen molar-refractivity contribution in [2.75, 3.05) is 32.7 Å². The Morgan fingerprint density at radius 3 is 2.38 bits per heavy atom. The Kier molecular flexibility index (Phi) is 5.94. The number of benzene rings is 1. The second kappa shape index (κ2) is 8.36. The van der Waals surface area contributed by atoms with Gasteiger partial charge < -0.3 is 10.2 Å². The molecule has 2 fully saturated rings. The van der Waals surface area contributed by atoms with Crippen molar-refractivity contribution in [3.8, 4) is 0 Å². The topological polar surface area (TPSA) is 49.4 Å². The molecule has 1 aromatic rings. The van der Waals surface area contributed by atoms with Crippen LogP contribution >= 0.6 is 0 Å². The van der Waals surface area contributed by atoms with Crippen LogP contribution in [0, 0.1) is 0 Å². The molecule has 1 aromatic carbocycles. The van der Waals surface area contributed by atoms with E-state index in [2.05, 4.69) is 10.2 Å². The molecule has 24 heavy (non-hydrogen) atoms. The molecular weight excluding hydrogens is 300 g/mol. The summed E-state index contributed by atoms with van der Waals surface area (Å²) in [6.45, 7) is 5.33. The van der Waals surface area contributed by atoms with E-state index in [0.29, 0.717) is 18.4 Å². The molecule has 1 N–H and O–H groups in total. The fourth-order valence-electron chi connectivity index (χ4n) is 3.58. The number of rotatable bonds is 5. The van der Waals surface area contributed by atoms with Gasteiger partial charge in [-0.3, -0.25) is 9.59 Å². The Balaban J connectivity index is 1.51. The molecule has 0 aromatic heterocycles. The van der Waals surface area contributed by atoms with Crippen LogP contribution in [0.1, 0.15) is 37.2 Å². The highest BCUT2D eigenvalue weighted by molar-refractivity contribution is 6.22. The first-order chi connectivity index (χ1) is 11.7. The molecule has 2 aliphatic rings. The number of carbonyl (C=O) groups is 2. The van der Waals surface area contributed by atoms with Crippen LogP contribution in [0.4, 0.5) is 0 Å². The molecular formula is C20H26N2O2. The quantitative estimate of drug-likeness (QED) is 0.512. The third-order valence-electron chi connectivity index (χ3n) is 4.97. The third-order valence-corrected chi connectivity index (χ3v) is 4.97. The number of carbonyl (C=O) groups excluding carboxylic acids is 2. The van der Waals surface area contributed by atoms with E-state index in [1.165, 1.54) is 0 Å². The average molecular weight is 326 g/mol. The maximum absolute atomic E-state index is 12.4. The molecule has 0 amide bonds. The summed E-state index contributed by atoms with van der Waals surface area (Å²) in [6.07, 6.45) is 4.62. The van der Waals surface area contributed by atoms with Crippen LogP contribution in [0.5, 0.6) is 0 Å². The maximum atomic E-state index is 12.4. The Hall–Kier alpha value is -1.78. The van der Waals surface area contributed by atoms with Gasteiger partial charge in [-0.15, -0.1) is 0 Å². The lowest BCUT2D eigenvalue weighted by molar-refractivity contribution is -0.124. The van der Waals surface area contributed by atoms with Crippen molar-refractivity contribution in [2.45, 2.75) is 31.6 Å². The number of Topliss-reactive ketones (excluding diaryl/α,β-unsaturated/α-hetero) is 2. The van der Waals surface area contributed by atoms with Crippen LogP contribution in [-0.4, -0.2) is 49.2 Å². The van der Waals surface area contributed by atoms with Crippen molar-refractivity contribution in [2.24, 2.45) is 0 Å². The van der Waals surface area contributed by atoms with Crippen LogP contribution in [0.2, 0.25) is 0 Å². The van der Waals surface area contributed by atoms with Crippen molar-refractivity contribution in [3.05, 3.63) is 47.5 Å². The number of piperazine rings is 1. The summed E-state index contributed by atoms with van der Waals surface area (Å²) in [4.78, 5) is 27.2. The van der Waals surface area contributed by atoms with Gasteiger partial charge in [0.15, 0.2) is 11.6 Å². The fourth-order valence-corrected chi connectivity index (χ4v) is 3.58. The Morgan fingerprint density at radius 2 is 1.71 bits per heavy atom. The molecule has 0 unspecified atom stereocenters. The Morgan fingerprint density at radius 1 is 1.04 bits per heavy atom. The van der Waals surface area contributed by atoms with Gasteiger partial charge in [-0.05, 0) is 30.9 Å². The second-order valence-electron chi connectivity index (χ2n) is 6.71. The SMILES string of the molecule is O=C1CC(c2ccccc2)CC(=O)C1=CCCCN1CCNCC1. The Labute approximate surface area is 143 Å². The zero-order chi connectivity index (χ0) is 16.8. The van der Waals surface area contributed by atoms with Gasteiger partial charge in [0.1, 0.15) is 0 Å². The summed E-state index contributed by atoms with van der Waals surface area (Å²) < 4.78 is 0. The zero-order valence-corrected chi connectivity index (χ0v) is 14.2. The van der Waals surface area contributed by atoms with Crippen molar-refractivity contribution in [3.63, 3.8) is 0 Å². The lowest BCUT2D eigenvalue weighted by Crippen LogP contribution is -2.43. The normalized spacial score (nSPS) is 22.7. The smallest absolute Gasteiger partial charge is 0.166 e. The number of ketones is 2. The molecule has 1 saturated carbocycles. The molecule has 0 atom stereocenters. The lowest BCUT2D eigenvalue weighted by Gasteiger charge is -2.27. The number of allylic oxidation sites excluding steroid dienone is 2. The fraction of sp³-hybridized carbons (Fsp3) is 0.500. The summed E-state index contributed by atoms with van der Waals surface area (Å²) in [5.74, 6) is 0.0775. The van der Waals surface area contributed by atoms with E-state index < -0.39 is 0 Å². The molecule has 1 saturated heterocycles. The first kappa shape index (κ1) is 17.1. The first-order valence-corrected chi connectivity index (χ1v) is 8.98. The minimum atomic E-state index is 0.0160. The molecule has 128 valence electrons. The number of nitrogens with one attached hydrogen (secondary N) is 1. The number of hydrogen-bond donors (Lipinski definition) is 1. The predicted octanol–water partition coefficient (Wildman–Crippen LogP) is 2.31. The van der Waals surface area contributed by atoms with Crippen LogP contribution in [0.15, 0.2) is 42.0 Å². The van der Waals surface area contributed by atoms with Crippen LogP contribution < -0.4 is 5.32 Å². The highest BCUT2D eigenvalue weighted by atomic mass is 16.1. The van der Waals surface area contributed by atoms with E-state index in [1.54, 1.807) is 0 Å². The van der Waals surface area contributed by atoms with E-state index in [9.17, 15) is 9.59 Å². The van der Waals surface area contributed by atoms with E-state index in [1.807, 2.05) is 36.4 Å². The van der Waals surface area contributed by atoms with Crippen LogP contribution in [0.3, 0.4) is 0 Å². The molecule has 1 aliphatic heterocycles. The molecule has 0 spiro atoms. The zero-order valence-electron chi connectivity index (χ0n) is 14.2. The molecule has 1 aliphatic carbocycles. The van der Waals surface area contributed by atoms with Crippen molar-refractivity contribution >= 4 is 11.6 Å². The number of nitrogens with zero attached hydrogens (tertiary/aromatic N) is 1. The summed E-state index contributed by atoms with van der Waals surface area (Å²) in [5.41, 5.74) is 1.54. The molecule has 1 heterocycles. The number of unbranched alkanes of at least 4 members (excludes halogenated alkanes) is 1. The van der Waals surface area contributed by atoms with Crippen LogP contribution in [-0.2, 0) is 9.59 Å². The monoisotopic (exact) mass is 326 g/mol. The van der Waals surface area contributed by atoms with Gasteiger partial charge >= 0.3 is 0 Å². The van der Waals surface area contributed by atoms with Gasteiger partial charge in [0.05, 0.1) is 5.57 Å². The minimum Gasteiger partial charge on any atom is -0.314 e. The minimum absolute atomic E-state index is 0.0160. The highest BCUT2D eigenvalue weighted by Crippen LogP contribution is 2.31. The highest BCUT2D eigenvalue weighted by Gasteiger charge is 2.30. The first-order valence-electron chi connectivity index (χ1n) is 8.98.